The van der Waals surface area contributed by atoms with Gasteiger partial charge in [0, 0.05) is 12.8 Å². The van der Waals surface area contributed by atoms with Gasteiger partial charge < -0.3 is 34.3 Å². The van der Waals surface area contributed by atoms with Gasteiger partial charge in [0.1, 0.15) is 36.8 Å². The van der Waals surface area contributed by atoms with E-state index >= 15 is 0 Å². The first-order chi connectivity index (χ1) is 26.5. The fourth-order valence-electron chi connectivity index (χ4n) is 6.67. The van der Waals surface area contributed by atoms with Crippen molar-refractivity contribution in [2.45, 2.75) is 224 Å². The van der Waals surface area contributed by atoms with Crippen molar-refractivity contribution in [2.75, 3.05) is 19.0 Å². The van der Waals surface area contributed by atoms with Gasteiger partial charge in [0.05, 0.1) is 6.61 Å². The monoisotopic (exact) mass is 807 g/mol. The fraction of sp³-hybridized carbons (Fsp3) is 0.905. The summed E-state index contributed by atoms with van der Waals surface area (Å²) >= 11 is 0. The van der Waals surface area contributed by atoms with Crippen LogP contribution in [0.2, 0.25) is 0 Å². The number of carbonyl (C=O) groups is 2. The van der Waals surface area contributed by atoms with E-state index in [1.165, 1.54) is 89.9 Å². The van der Waals surface area contributed by atoms with Crippen LogP contribution in [0.5, 0.6) is 0 Å². The Bertz CT molecular complexity index is 1080. The minimum absolute atomic E-state index is 0.168. The summed E-state index contributed by atoms with van der Waals surface area (Å²) in [5, 5.41) is 30.8. The van der Waals surface area contributed by atoms with Crippen molar-refractivity contribution < 1.29 is 56.8 Å². The molecule has 1 fully saturated rings. The molecule has 13 heteroatoms. The van der Waals surface area contributed by atoms with Gasteiger partial charge >= 0.3 is 11.9 Å². The van der Waals surface area contributed by atoms with Gasteiger partial charge in [-0.15, -0.1) is 0 Å². The van der Waals surface area contributed by atoms with Crippen molar-refractivity contribution >= 4 is 22.1 Å². The zero-order valence-corrected chi connectivity index (χ0v) is 35.1. The molecule has 6 atom stereocenters. The van der Waals surface area contributed by atoms with E-state index in [0.29, 0.717) is 12.8 Å². The molecule has 0 bridgehead atoms. The zero-order valence-electron chi connectivity index (χ0n) is 34.3. The number of carbonyl (C=O) groups excluding carboxylic acids is 2. The van der Waals surface area contributed by atoms with Crippen molar-refractivity contribution in [2.24, 2.45) is 0 Å². The van der Waals surface area contributed by atoms with Crippen LogP contribution in [0.15, 0.2) is 12.2 Å². The Morgan fingerprint density at radius 1 is 0.600 bits per heavy atom. The number of hydrogen-bond acceptors (Lipinski definition) is 11. The van der Waals surface area contributed by atoms with Gasteiger partial charge in [-0.05, 0) is 38.5 Å². The van der Waals surface area contributed by atoms with E-state index < -0.39 is 71.2 Å². The summed E-state index contributed by atoms with van der Waals surface area (Å²) in [7, 11) is -4.60. The number of aliphatic hydroxyl groups excluding tert-OH is 3. The zero-order chi connectivity index (χ0) is 40.6. The van der Waals surface area contributed by atoms with Gasteiger partial charge in [0.15, 0.2) is 12.4 Å². The second kappa shape index (κ2) is 33.4. The first-order valence-electron chi connectivity index (χ1n) is 21.7. The fourth-order valence-corrected chi connectivity index (χ4v) is 7.36. The van der Waals surface area contributed by atoms with E-state index in [1.54, 1.807) is 0 Å². The highest BCUT2D eigenvalue weighted by atomic mass is 32.2. The average molecular weight is 807 g/mol. The first kappa shape index (κ1) is 51.4. The van der Waals surface area contributed by atoms with Crippen molar-refractivity contribution in [3.63, 3.8) is 0 Å². The van der Waals surface area contributed by atoms with Crippen molar-refractivity contribution in [1.29, 1.82) is 0 Å². The van der Waals surface area contributed by atoms with Crippen LogP contribution in [0.1, 0.15) is 187 Å². The molecule has 0 amide bonds. The molecule has 0 aromatic heterocycles. The maximum Gasteiger partial charge on any atom is 0.306 e. The van der Waals surface area contributed by atoms with E-state index in [2.05, 4.69) is 26.0 Å². The smallest absolute Gasteiger partial charge is 0.306 e. The lowest BCUT2D eigenvalue weighted by Crippen LogP contribution is -2.60. The number of hydrogen-bond donors (Lipinski definition) is 4. The largest absolute Gasteiger partial charge is 0.462 e. The molecule has 1 rings (SSSR count). The van der Waals surface area contributed by atoms with Crippen LogP contribution in [0.3, 0.4) is 0 Å². The van der Waals surface area contributed by atoms with Crippen LogP contribution in [0, 0.1) is 0 Å². The first-order valence-corrected chi connectivity index (χ1v) is 23.4. The summed E-state index contributed by atoms with van der Waals surface area (Å²) < 4.78 is 54.0. The van der Waals surface area contributed by atoms with E-state index in [9.17, 15) is 37.9 Å². The van der Waals surface area contributed by atoms with Gasteiger partial charge in [0.25, 0.3) is 10.1 Å². The second-order valence-corrected chi connectivity index (χ2v) is 16.9. The van der Waals surface area contributed by atoms with Crippen LogP contribution in [0.25, 0.3) is 0 Å². The number of allylic oxidation sites excluding steroid dienone is 2. The molecule has 1 aliphatic rings. The summed E-state index contributed by atoms with van der Waals surface area (Å²) in [5.41, 5.74) is 0. The standard InChI is InChI=1S/C42H78O12S/c1-3-5-7-9-11-13-15-17-19-20-22-24-26-28-30-37(43)51-32-35(33-52-42-41(47)40(46)39(45)36(54-42)34-55(48,49)50)53-38(44)31-29-27-25-23-21-18-16-14-12-10-8-6-4-2/h15,17,35-36,39-42,45-47H,3-14,16,18-34H2,1-2H3,(H,48,49,50)/b17-15+/t35-,36-,39-,40?,41?,42+/m1/s1. The average Bonchev–Trinajstić information content (AvgIpc) is 3.14. The predicted molar refractivity (Wildman–Crippen MR) is 215 cm³/mol. The van der Waals surface area contributed by atoms with Crippen LogP contribution < -0.4 is 0 Å². The lowest BCUT2D eigenvalue weighted by Gasteiger charge is -2.40. The molecule has 12 nitrogen and oxygen atoms in total. The molecule has 4 N–H and O–H groups in total. The van der Waals surface area contributed by atoms with Gasteiger partial charge in [-0.25, -0.2) is 0 Å². The third-order valence-electron chi connectivity index (χ3n) is 10.1. The maximum atomic E-state index is 12.8. The van der Waals surface area contributed by atoms with Gasteiger partial charge in [-0.1, -0.05) is 148 Å². The molecule has 1 aliphatic heterocycles. The third-order valence-corrected chi connectivity index (χ3v) is 10.8. The SMILES string of the molecule is CCCCCCC/C=C/CCCCCCCC(=O)OC[C@H](CO[C@H]1O[C@H](CS(=O)(=O)O)[C@@H](O)C(O)C1O)OC(=O)CCCCCCCCCCCCCCC. The Morgan fingerprint density at radius 2 is 1.04 bits per heavy atom. The molecule has 0 radical (unpaired) electrons. The van der Waals surface area contributed by atoms with E-state index in [-0.39, 0.29) is 19.4 Å². The molecule has 2 unspecified atom stereocenters. The summed E-state index contributed by atoms with van der Waals surface area (Å²) in [4.78, 5) is 25.3. The summed E-state index contributed by atoms with van der Waals surface area (Å²) in [6.07, 6.45) is 24.0. The van der Waals surface area contributed by atoms with Crippen LogP contribution in [0.4, 0.5) is 0 Å². The molecule has 1 heterocycles. The molecular weight excluding hydrogens is 729 g/mol. The third kappa shape index (κ3) is 28.4. The molecule has 0 spiro atoms. The highest BCUT2D eigenvalue weighted by molar-refractivity contribution is 7.85. The number of ether oxygens (including phenoxy) is 4. The van der Waals surface area contributed by atoms with Gasteiger partial charge in [-0.2, -0.15) is 8.42 Å². The van der Waals surface area contributed by atoms with Crippen LogP contribution >= 0.6 is 0 Å². The van der Waals surface area contributed by atoms with E-state index in [1.807, 2.05) is 0 Å². The summed E-state index contributed by atoms with van der Waals surface area (Å²) in [6, 6.07) is 0. The normalized spacial score (nSPS) is 20.9. The Labute approximate surface area is 333 Å². The number of esters is 2. The van der Waals surface area contributed by atoms with E-state index in [0.717, 1.165) is 57.8 Å². The Kier molecular flexibility index (Phi) is 31.2. The molecule has 55 heavy (non-hydrogen) atoms. The summed E-state index contributed by atoms with van der Waals surface area (Å²) in [6.45, 7) is 3.74. The molecule has 0 aromatic rings. The highest BCUT2D eigenvalue weighted by Gasteiger charge is 2.46. The Hall–Kier alpha value is -1.61. The molecule has 0 aromatic carbocycles. The molecule has 1 saturated heterocycles. The topological polar surface area (TPSA) is 186 Å². The molecule has 0 saturated carbocycles. The molecule has 324 valence electrons. The molecular formula is C42H78O12S. The van der Waals surface area contributed by atoms with Gasteiger partial charge in [-0.3, -0.25) is 14.1 Å². The number of rotatable bonds is 36. The molecule has 0 aliphatic carbocycles. The highest BCUT2D eigenvalue weighted by Crippen LogP contribution is 2.24. The number of aliphatic hydroxyl groups is 3. The Balaban J connectivity index is 2.47. The lowest BCUT2D eigenvalue weighted by atomic mass is 10.00. The van der Waals surface area contributed by atoms with E-state index in [4.69, 9.17) is 18.9 Å². The van der Waals surface area contributed by atoms with Crippen molar-refractivity contribution in [1.82, 2.24) is 0 Å². The minimum Gasteiger partial charge on any atom is -0.462 e. The van der Waals surface area contributed by atoms with Crippen LogP contribution in [-0.2, 0) is 38.7 Å². The van der Waals surface area contributed by atoms with Crippen molar-refractivity contribution in [3.05, 3.63) is 12.2 Å². The number of unbranched alkanes of at least 4 members (excludes halogenated alkanes) is 22. The minimum atomic E-state index is -4.60. The summed E-state index contributed by atoms with van der Waals surface area (Å²) in [5.74, 6) is -1.98. The maximum absolute atomic E-state index is 12.8. The Morgan fingerprint density at radius 3 is 1.51 bits per heavy atom. The second-order valence-electron chi connectivity index (χ2n) is 15.4. The lowest BCUT2D eigenvalue weighted by molar-refractivity contribution is -0.297. The quantitative estimate of drug-likeness (QED) is 0.0206. The van der Waals surface area contributed by atoms with Crippen molar-refractivity contribution in [3.8, 4) is 0 Å². The predicted octanol–water partition coefficient (Wildman–Crippen LogP) is 8.28. The van der Waals surface area contributed by atoms with Gasteiger partial charge in [0.2, 0.25) is 0 Å². The van der Waals surface area contributed by atoms with Crippen LogP contribution in [-0.4, -0.2) is 96.0 Å².